The molecular weight excluding hydrogens is 717 g/mol. The predicted octanol–water partition coefficient (Wildman–Crippen LogP) is 13.2. The number of amidine groups is 2. The molecule has 11 aromatic rings. The van der Waals surface area contributed by atoms with Gasteiger partial charge < -0.3 is 14.3 Å². The Balaban J connectivity index is 0.970. The van der Waals surface area contributed by atoms with E-state index >= 15 is 0 Å². The Bertz CT molecular complexity index is 3390. The van der Waals surface area contributed by atoms with E-state index in [1.807, 2.05) is 24.3 Å². The quantitative estimate of drug-likeness (QED) is 0.191. The van der Waals surface area contributed by atoms with E-state index in [-0.39, 0.29) is 6.17 Å². The number of nitrogens with zero attached hydrogens (tertiary/aromatic N) is 3. The van der Waals surface area contributed by atoms with Crippen LogP contribution in [0, 0.1) is 0 Å². The highest BCUT2D eigenvalue weighted by atomic mass is 32.1. The van der Waals surface area contributed by atoms with Gasteiger partial charge in [-0.05, 0) is 59.2 Å². The Morgan fingerprint density at radius 2 is 1.19 bits per heavy atom. The Labute approximate surface area is 331 Å². The van der Waals surface area contributed by atoms with Gasteiger partial charge in [-0.1, -0.05) is 140 Å². The third kappa shape index (κ3) is 5.08. The maximum absolute atomic E-state index is 6.70. The third-order valence-electron chi connectivity index (χ3n) is 11.3. The second-order valence-electron chi connectivity index (χ2n) is 14.6. The van der Waals surface area contributed by atoms with E-state index in [4.69, 9.17) is 14.4 Å². The first-order chi connectivity index (χ1) is 28.2. The van der Waals surface area contributed by atoms with Crippen LogP contribution in [0.2, 0.25) is 0 Å². The summed E-state index contributed by atoms with van der Waals surface area (Å²) in [5.74, 6) is 1.55. The van der Waals surface area contributed by atoms with Crippen LogP contribution in [0.3, 0.4) is 0 Å². The summed E-state index contributed by atoms with van der Waals surface area (Å²) in [6, 6.07) is 64.3. The highest BCUT2D eigenvalue weighted by molar-refractivity contribution is 7.26. The maximum Gasteiger partial charge on any atom is 0.160 e. The number of nitrogens with one attached hydrogen (secondary N) is 1. The minimum absolute atomic E-state index is 0.253. The number of hydrogen-bond donors (Lipinski definition) is 1. The Morgan fingerprint density at radius 3 is 2.00 bits per heavy atom. The first kappa shape index (κ1) is 32.0. The van der Waals surface area contributed by atoms with Crippen molar-refractivity contribution in [2.24, 2.45) is 9.98 Å². The molecule has 12 rings (SSSR count). The maximum atomic E-state index is 6.70. The zero-order valence-electron chi connectivity index (χ0n) is 30.6. The van der Waals surface area contributed by atoms with Crippen molar-refractivity contribution in [3.8, 4) is 16.8 Å². The summed E-state index contributed by atoms with van der Waals surface area (Å²) in [6.07, 6.45) is -0.253. The van der Waals surface area contributed by atoms with Crippen molar-refractivity contribution in [2.75, 3.05) is 0 Å². The predicted molar refractivity (Wildman–Crippen MR) is 238 cm³/mol. The molecule has 0 saturated heterocycles. The fourth-order valence-corrected chi connectivity index (χ4v) is 9.84. The van der Waals surface area contributed by atoms with Crippen LogP contribution in [0.5, 0.6) is 0 Å². The molecule has 0 amide bonds. The highest BCUT2D eigenvalue weighted by Crippen LogP contribution is 2.42. The average Bonchev–Trinajstić information content (AvgIpc) is 3.96. The third-order valence-corrected chi connectivity index (χ3v) is 12.5. The first-order valence-electron chi connectivity index (χ1n) is 19.2. The second-order valence-corrected chi connectivity index (χ2v) is 15.6. The molecule has 8 aromatic carbocycles. The lowest BCUT2D eigenvalue weighted by Crippen LogP contribution is -2.33. The second kappa shape index (κ2) is 12.6. The minimum atomic E-state index is -0.253. The minimum Gasteiger partial charge on any atom is -0.454 e. The van der Waals surface area contributed by atoms with Gasteiger partial charge in [-0.2, -0.15) is 0 Å². The van der Waals surface area contributed by atoms with Crippen LogP contribution >= 0.6 is 11.3 Å². The number of hydrogen-bond acceptors (Lipinski definition) is 5. The summed E-state index contributed by atoms with van der Waals surface area (Å²) in [5.41, 5.74) is 10.6. The molecule has 1 atom stereocenters. The molecule has 1 unspecified atom stereocenters. The Hall–Kier alpha value is -7.28. The number of aliphatic imine (C=N–C) groups is 2. The normalized spacial score (nSPS) is 14.5. The lowest BCUT2D eigenvalue weighted by atomic mass is 10.0. The van der Waals surface area contributed by atoms with E-state index in [2.05, 4.69) is 168 Å². The van der Waals surface area contributed by atoms with Crippen molar-refractivity contribution in [1.29, 1.82) is 0 Å². The number of aromatic nitrogens is 1. The summed E-state index contributed by atoms with van der Waals surface area (Å²) in [5, 5.41) is 10.7. The average molecular weight is 749 g/mol. The van der Waals surface area contributed by atoms with E-state index in [1.54, 1.807) is 11.3 Å². The summed E-state index contributed by atoms with van der Waals surface area (Å²) in [4.78, 5) is 10.3. The van der Waals surface area contributed by atoms with Crippen LogP contribution in [0.4, 0.5) is 0 Å². The highest BCUT2D eigenvalue weighted by Gasteiger charge is 2.23. The van der Waals surface area contributed by atoms with Gasteiger partial charge in [0.15, 0.2) is 11.4 Å². The lowest BCUT2D eigenvalue weighted by Gasteiger charge is -2.23. The van der Waals surface area contributed by atoms with E-state index in [0.717, 1.165) is 67.1 Å². The number of furan rings is 1. The van der Waals surface area contributed by atoms with Crippen LogP contribution in [-0.2, 0) is 0 Å². The number of thiophene rings is 1. The Morgan fingerprint density at radius 1 is 0.526 bits per heavy atom. The molecular formula is C51H32N4OS. The smallest absolute Gasteiger partial charge is 0.160 e. The van der Waals surface area contributed by atoms with Gasteiger partial charge in [0.2, 0.25) is 0 Å². The SMILES string of the molecule is c1ccc(C2=NC(c3cccc4c3sc3cc(-c5ccc6oc7c(-n8c9ccccc9c9ccccc98)cccc7c6c5)ccc34)=NC(c3ccccc3)N2)cc1. The van der Waals surface area contributed by atoms with Crippen molar-refractivity contribution in [3.05, 3.63) is 199 Å². The molecule has 57 heavy (non-hydrogen) atoms. The molecule has 3 aromatic heterocycles. The van der Waals surface area contributed by atoms with Crippen molar-refractivity contribution in [1.82, 2.24) is 9.88 Å². The lowest BCUT2D eigenvalue weighted by molar-refractivity contribution is 0.666. The van der Waals surface area contributed by atoms with Crippen LogP contribution in [0.1, 0.15) is 22.9 Å². The van der Waals surface area contributed by atoms with Gasteiger partial charge in [-0.15, -0.1) is 11.3 Å². The number of rotatable bonds is 5. The van der Waals surface area contributed by atoms with E-state index < -0.39 is 0 Å². The van der Waals surface area contributed by atoms with Crippen molar-refractivity contribution >= 4 is 86.9 Å². The fourth-order valence-electron chi connectivity index (χ4n) is 8.59. The van der Waals surface area contributed by atoms with Gasteiger partial charge in [0.25, 0.3) is 0 Å². The largest absolute Gasteiger partial charge is 0.454 e. The topological polar surface area (TPSA) is 54.8 Å². The van der Waals surface area contributed by atoms with Crippen molar-refractivity contribution in [2.45, 2.75) is 6.17 Å². The number of fused-ring (bicyclic) bond motifs is 9. The van der Waals surface area contributed by atoms with Crippen LogP contribution in [-0.4, -0.2) is 16.2 Å². The first-order valence-corrected chi connectivity index (χ1v) is 20.0. The zero-order valence-corrected chi connectivity index (χ0v) is 31.4. The molecule has 0 aliphatic carbocycles. The molecule has 1 aliphatic rings. The van der Waals surface area contributed by atoms with Crippen LogP contribution in [0.15, 0.2) is 196 Å². The standard InChI is InChI=1S/C51H32N4OS/c1-3-13-31(14-4-1)49-52-50(32-15-5-2-6-16-32)54-51(53-49)40-21-11-20-39-37-27-25-34(30-46(37)57-48(39)40)33-26-28-45-41(29-33)38-19-12-24-44(47(38)56-45)55-42-22-9-7-17-35(42)36-18-8-10-23-43(36)55/h1-30,49H,(H,52,53,54). The monoisotopic (exact) mass is 748 g/mol. The zero-order chi connectivity index (χ0) is 37.5. The van der Waals surface area contributed by atoms with E-state index in [0.29, 0.717) is 0 Å². The molecule has 5 nitrogen and oxygen atoms in total. The van der Waals surface area contributed by atoms with Gasteiger partial charge in [0.1, 0.15) is 17.6 Å². The molecule has 0 bridgehead atoms. The van der Waals surface area contributed by atoms with E-state index in [9.17, 15) is 0 Å². The van der Waals surface area contributed by atoms with Gasteiger partial charge >= 0.3 is 0 Å². The van der Waals surface area contributed by atoms with Gasteiger partial charge in [0, 0.05) is 52.8 Å². The number of benzene rings is 8. The number of para-hydroxylation sites is 3. The molecule has 1 N–H and O–H groups in total. The van der Waals surface area contributed by atoms with Crippen LogP contribution < -0.4 is 5.32 Å². The van der Waals surface area contributed by atoms with E-state index in [1.165, 1.54) is 42.0 Å². The molecule has 268 valence electrons. The van der Waals surface area contributed by atoms with Gasteiger partial charge in [0.05, 0.1) is 16.7 Å². The molecule has 0 radical (unpaired) electrons. The summed E-state index contributed by atoms with van der Waals surface area (Å²) in [6.45, 7) is 0. The summed E-state index contributed by atoms with van der Waals surface area (Å²) >= 11 is 1.80. The molecule has 4 heterocycles. The van der Waals surface area contributed by atoms with Crippen LogP contribution in [0.25, 0.3) is 80.7 Å². The Kier molecular flexibility index (Phi) is 7.09. The molecule has 0 saturated carbocycles. The van der Waals surface area contributed by atoms with Crippen molar-refractivity contribution in [3.63, 3.8) is 0 Å². The molecule has 0 spiro atoms. The molecule has 1 aliphatic heterocycles. The summed E-state index contributed by atoms with van der Waals surface area (Å²) < 4.78 is 11.4. The fraction of sp³-hybridized carbons (Fsp3) is 0.0196. The van der Waals surface area contributed by atoms with Gasteiger partial charge in [-0.25, -0.2) is 9.98 Å². The molecule has 6 heteroatoms. The van der Waals surface area contributed by atoms with Crippen molar-refractivity contribution < 1.29 is 4.42 Å². The molecule has 0 fully saturated rings. The van der Waals surface area contributed by atoms with Gasteiger partial charge in [-0.3, -0.25) is 0 Å². The summed E-state index contributed by atoms with van der Waals surface area (Å²) in [7, 11) is 0.